The predicted octanol–water partition coefficient (Wildman–Crippen LogP) is 4.42. The van der Waals surface area contributed by atoms with Gasteiger partial charge in [-0.3, -0.25) is 14.9 Å². The van der Waals surface area contributed by atoms with Gasteiger partial charge in [0, 0.05) is 36.3 Å². The van der Waals surface area contributed by atoms with E-state index in [0.29, 0.717) is 6.42 Å². The minimum absolute atomic E-state index is 0.0210. The van der Waals surface area contributed by atoms with Crippen molar-refractivity contribution < 1.29 is 19.4 Å². The number of ether oxygens (including phenoxy) is 1. The van der Waals surface area contributed by atoms with Gasteiger partial charge in [0.2, 0.25) is 18.2 Å². The molecule has 3 N–H and O–H groups in total. The maximum absolute atomic E-state index is 12.4. The van der Waals surface area contributed by atoms with E-state index >= 15 is 0 Å². The highest BCUT2D eigenvalue weighted by Gasteiger charge is 2.33. The molecule has 1 unspecified atom stereocenters. The summed E-state index contributed by atoms with van der Waals surface area (Å²) in [4.78, 5) is 26.3. The summed E-state index contributed by atoms with van der Waals surface area (Å²) in [5.74, 6) is -0.164. The lowest BCUT2D eigenvalue weighted by molar-refractivity contribution is -0.150. The zero-order valence-corrected chi connectivity index (χ0v) is 20.3. The molecule has 3 atom stereocenters. The van der Waals surface area contributed by atoms with Gasteiger partial charge >= 0.3 is 0 Å². The Kier molecular flexibility index (Phi) is 7.89. The number of aliphatic hydroxyl groups is 1. The SMILES string of the molecule is CC(=O)N1c2ccc(-c3cccc(NC(=O)C(C)C)c3)cc2[C@H](NC(O)OC(C)C)C[C@@H]1C. The van der Waals surface area contributed by atoms with Crippen LogP contribution in [0, 0.1) is 5.92 Å². The molecule has 7 heteroatoms. The number of rotatable bonds is 7. The summed E-state index contributed by atoms with van der Waals surface area (Å²) in [5, 5.41) is 16.5. The number of nitrogens with one attached hydrogen (secondary N) is 2. The normalized spacial score (nSPS) is 18.9. The summed E-state index contributed by atoms with van der Waals surface area (Å²) >= 11 is 0. The van der Waals surface area contributed by atoms with Crippen molar-refractivity contribution in [2.75, 3.05) is 10.2 Å². The highest BCUT2D eigenvalue weighted by atomic mass is 16.6. The molecule has 0 fully saturated rings. The van der Waals surface area contributed by atoms with Crippen LogP contribution in [0.1, 0.15) is 59.6 Å². The molecule has 0 saturated carbocycles. The number of anilines is 2. The van der Waals surface area contributed by atoms with E-state index < -0.39 is 6.41 Å². The largest absolute Gasteiger partial charge is 0.356 e. The fourth-order valence-electron chi connectivity index (χ4n) is 4.21. The lowest BCUT2D eigenvalue weighted by Gasteiger charge is -2.40. The molecule has 178 valence electrons. The molecule has 0 saturated heterocycles. The molecule has 0 bridgehead atoms. The van der Waals surface area contributed by atoms with Gasteiger partial charge in [-0.25, -0.2) is 0 Å². The molecule has 0 radical (unpaired) electrons. The first kappa shape index (κ1) is 24.9. The predicted molar refractivity (Wildman–Crippen MR) is 131 cm³/mol. The van der Waals surface area contributed by atoms with Crippen LogP contribution in [0.5, 0.6) is 0 Å². The van der Waals surface area contributed by atoms with Gasteiger partial charge in [-0.1, -0.05) is 32.0 Å². The first-order valence-electron chi connectivity index (χ1n) is 11.5. The number of hydrogen-bond donors (Lipinski definition) is 3. The van der Waals surface area contributed by atoms with E-state index in [4.69, 9.17) is 4.74 Å². The zero-order chi connectivity index (χ0) is 24.3. The Balaban J connectivity index is 1.98. The third kappa shape index (κ3) is 5.99. The van der Waals surface area contributed by atoms with Crippen LogP contribution in [0.25, 0.3) is 11.1 Å². The number of carbonyl (C=O) groups is 2. The van der Waals surface area contributed by atoms with E-state index in [1.54, 1.807) is 11.8 Å². The Morgan fingerprint density at radius 1 is 1.09 bits per heavy atom. The molecule has 1 aliphatic rings. The summed E-state index contributed by atoms with van der Waals surface area (Å²) in [5.41, 5.74) is 4.38. The van der Waals surface area contributed by atoms with Gasteiger partial charge < -0.3 is 20.1 Å². The highest BCUT2D eigenvalue weighted by molar-refractivity contribution is 5.95. The van der Waals surface area contributed by atoms with E-state index in [1.165, 1.54) is 0 Å². The first-order valence-corrected chi connectivity index (χ1v) is 11.5. The Hall–Kier alpha value is -2.74. The number of carbonyl (C=O) groups excluding carboxylic acids is 2. The monoisotopic (exact) mass is 453 g/mol. The third-order valence-electron chi connectivity index (χ3n) is 5.75. The average Bonchev–Trinajstić information content (AvgIpc) is 2.72. The van der Waals surface area contributed by atoms with E-state index in [2.05, 4.69) is 10.6 Å². The summed E-state index contributed by atoms with van der Waals surface area (Å²) in [6, 6.07) is 13.5. The van der Waals surface area contributed by atoms with Gasteiger partial charge in [0.05, 0.1) is 6.10 Å². The standard InChI is InChI=1S/C26H35N3O4/c1-15(2)25(31)27-21-9-7-8-19(13-21)20-10-11-24-22(14-20)23(28-26(32)33-16(3)4)12-17(5)29(24)18(6)30/h7-11,13-17,23,26,28,32H,12H2,1-6H3,(H,27,31)/t17-,23+,26?/m0/s1. The Bertz CT molecular complexity index is 1000. The van der Waals surface area contributed by atoms with Gasteiger partial charge in [-0.05, 0) is 68.1 Å². The van der Waals surface area contributed by atoms with Crippen molar-refractivity contribution in [3.05, 3.63) is 48.0 Å². The van der Waals surface area contributed by atoms with Gasteiger partial charge in [0.15, 0.2) is 0 Å². The summed E-state index contributed by atoms with van der Waals surface area (Å²) in [7, 11) is 0. The smallest absolute Gasteiger partial charge is 0.226 e. The second-order valence-electron chi connectivity index (χ2n) is 9.23. The van der Waals surface area contributed by atoms with Crippen LogP contribution < -0.4 is 15.5 Å². The van der Waals surface area contributed by atoms with E-state index in [1.807, 2.05) is 77.1 Å². The number of hydrogen-bond acceptors (Lipinski definition) is 5. The van der Waals surface area contributed by atoms with Crippen LogP contribution >= 0.6 is 0 Å². The minimum Gasteiger partial charge on any atom is -0.356 e. The Morgan fingerprint density at radius 2 is 1.79 bits per heavy atom. The topological polar surface area (TPSA) is 90.9 Å². The fourth-order valence-corrected chi connectivity index (χ4v) is 4.21. The van der Waals surface area contributed by atoms with Gasteiger partial charge in [0.25, 0.3) is 0 Å². The Morgan fingerprint density at radius 3 is 2.42 bits per heavy atom. The molecule has 2 aromatic rings. The van der Waals surface area contributed by atoms with Crippen molar-refractivity contribution in [3.63, 3.8) is 0 Å². The molecule has 0 spiro atoms. The van der Waals surface area contributed by atoms with E-state index in [-0.39, 0.29) is 35.9 Å². The van der Waals surface area contributed by atoms with Gasteiger partial charge in [-0.15, -0.1) is 0 Å². The van der Waals surface area contributed by atoms with Crippen molar-refractivity contribution in [3.8, 4) is 11.1 Å². The van der Waals surface area contributed by atoms with Gasteiger partial charge in [-0.2, -0.15) is 0 Å². The molecule has 1 aliphatic heterocycles. The van der Waals surface area contributed by atoms with E-state index in [9.17, 15) is 14.7 Å². The van der Waals surface area contributed by atoms with Crippen molar-refractivity contribution in [2.24, 2.45) is 5.92 Å². The number of fused-ring (bicyclic) bond motifs is 1. The molecule has 33 heavy (non-hydrogen) atoms. The van der Waals surface area contributed by atoms with Crippen LogP contribution in [-0.2, 0) is 14.3 Å². The maximum atomic E-state index is 12.4. The second-order valence-corrected chi connectivity index (χ2v) is 9.23. The van der Waals surface area contributed by atoms with Crippen LogP contribution in [0.3, 0.4) is 0 Å². The molecule has 1 heterocycles. The number of amides is 2. The maximum Gasteiger partial charge on any atom is 0.226 e. The molecule has 7 nitrogen and oxygen atoms in total. The minimum atomic E-state index is -1.11. The summed E-state index contributed by atoms with van der Waals surface area (Å²) in [6.45, 7) is 11.0. The molecule has 0 aromatic heterocycles. The van der Waals surface area contributed by atoms with E-state index in [0.717, 1.165) is 28.1 Å². The molecular weight excluding hydrogens is 418 g/mol. The lowest BCUT2D eigenvalue weighted by atomic mass is 9.89. The number of nitrogens with zero attached hydrogens (tertiary/aromatic N) is 1. The molecule has 2 aromatic carbocycles. The first-order chi connectivity index (χ1) is 15.6. The fraction of sp³-hybridized carbons (Fsp3) is 0.462. The number of benzene rings is 2. The lowest BCUT2D eigenvalue weighted by Crippen LogP contribution is -2.47. The van der Waals surface area contributed by atoms with Gasteiger partial charge in [0.1, 0.15) is 0 Å². The van der Waals surface area contributed by atoms with Crippen LogP contribution in [0.2, 0.25) is 0 Å². The van der Waals surface area contributed by atoms with Crippen LogP contribution in [0.4, 0.5) is 11.4 Å². The zero-order valence-electron chi connectivity index (χ0n) is 20.3. The second kappa shape index (κ2) is 10.5. The number of aliphatic hydroxyl groups excluding tert-OH is 1. The van der Waals surface area contributed by atoms with Crippen LogP contribution in [0.15, 0.2) is 42.5 Å². The Labute approximate surface area is 196 Å². The van der Waals surface area contributed by atoms with Crippen molar-refractivity contribution in [1.82, 2.24) is 5.32 Å². The van der Waals surface area contributed by atoms with Crippen LogP contribution in [-0.4, -0.2) is 35.5 Å². The molecule has 2 amide bonds. The summed E-state index contributed by atoms with van der Waals surface area (Å²) in [6.07, 6.45) is -0.604. The highest BCUT2D eigenvalue weighted by Crippen LogP contribution is 2.40. The van der Waals surface area contributed by atoms with Crippen molar-refractivity contribution in [1.29, 1.82) is 0 Å². The molecular formula is C26H35N3O4. The molecule has 0 aliphatic carbocycles. The quantitative estimate of drug-likeness (QED) is 0.540. The molecule has 3 rings (SSSR count). The summed E-state index contributed by atoms with van der Waals surface area (Å²) < 4.78 is 5.49. The van der Waals surface area contributed by atoms with Crippen molar-refractivity contribution >= 4 is 23.2 Å². The average molecular weight is 454 g/mol. The third-order valence-corrected chi connectivity index (χ3v) is 5.75. The van der Waals surface area contributed by atoms with Crippen molar-refractivity contribution in [2.45, 2.75) is 72.6 Å².